The Morgan fingerprint density at radius 2 is 1.95 bits per heavy atom. The van der Waals surface area contributed by atoms with Gasteiger partial charge in [-0.1, -0.05) is 30.3 Å². The highest BCUT2D eigenvalue weighted by molar-refractivity contribution is 5.96. The number of carbonyl (C=O) groups excluding carboxylic acids is 1. The van der Waals surface area contributed by atoms with E-state index in [-0.39, 0.29) is 17.7 Å². The van der Waals surface area contributed by atoms with Crippen molar-refractivity contribution in [3.05, 3.63) is 65.2 Å². The third-order valence-electron chi connectivity index (χ3n) is 3.40. The molecule has 2 aromatic carbocycles. The number of phenolic OH excluding ortho intramolecular Hbond substituents is 1. The predicted molar refractivity (Wildman–Crippen MR) is 83.3 cm³/mol. The number of amides is 1. The van der Waals surface area contributed by atoms with Crippen molar-refractivity contribution in [1.29, 1.82) is 0 Å². The molecule has 0 aliphatic heterocycles. The maximum absolute atomic E-state index is 12.3. The van der Waals surface area contributed by atoms with Gasteiger partial charge in [0.2, 0.25) is 0 Å². The number of carbonyl (C=O) groups is 1. The van der Waals surface area contributed by atoms with Crippen molar-refractivity contribution < 1.29 is 9.90 Å². The fourth-order valence-electron chi connectivity index (χ4n) is 2.26. The van der Waals surface area contributed by atoms with Crippen LogP contribution in [0.4, 0.5) is 0 Å². The highest BCUT2D eigenvalue weighted by atomic mass is 16.3. The topological polar surface area (TPSA) is 75.3 Å². The highest BCUT2D eigenvalue weighted by Crippen LogP contribution is 2.15. The van der Waals surface area contributed by atoms with Crippen molar-refractivity contribution in [3.8, 4) is 5.75 Å². The molecule has 4 heteroatoms. The number of phenols is 1. The van der Waals surface area contributed by atoms with Gasteiger partial charge in [-0.3, -0.25) is 4.79 Å². The van der Waals surface area contributed by atoms with E-state index in [4.69, 9.17) is 5.73 Å². The number of hydrogen-bond donors (Lipinski definition) is 3. The summed E-state index contributed by atoms with van der Waals surface area (Å²) in [6.07, 6.45) is 0.695. The van der Waals surface area contributed by atoms with Gasteiger partial charge in [-0.15, -0.1) is 0 Å². The molecule has 0 aliphatic rings. The average molecular weight is 284 g/mol. The van der Waals surface area contributed by atoms with Crippen LogP contribution in [0.1, 0.15) is 21.5 Å². The molecule has 21 heavy (non-hydrogen) atoms. The van der Waals surface area contributed by atoms with Crippen LogP contribution in [0.25, 0.3) is 0 Å². The molecule has 0 saturated heterocycles. The number of nitrogens with two attached hydrogens (primary N) is 1. The molecule has 0 bridgehead atoms. The zero-order chi connectivity index (χ0) is 15.2. The number of rotatable bonds is 5. The van der Waals surface area contributed by atoms with Crippen molar-refractivity contribution >= 4 is 5.91 Å². The molecule has 110 valence electrons. The van der Waals surface area contributed by atoms with E-state index in [0.717, 1.165) is 11.1 Å². The Kier molecular flexibility index (Phi) is 4.95. The molecule has 0 aromatic heterocycles. The van der Waals surface area contributed by atoms with E-state index in [0.29, 0.717) is 18.5 Å². The molecule has 4 nitrogen and oxygen atoms in total. The van der Waals surface area contributed by atoms with Gasteiger partial charge in [0.1, 0.15) is 5.75 Å². The summed E-state index contributed by atoms with van der Waals surface area (Å²) in [5.74, 6) is -0.0115. The fraction of sp³-hybridized carbons (Fsp3) is 0.235. The fourth-order valence-corrected chi connectivity index (χ4v) is 2.26. The molecule has 0 fully saturated rings. The highest BCUT2D eigenvalue weighted by Gasteiger charge is 2.15. The van der Waals surface area contributed by atoms with Crippen LogP contribution in [0.2, 0.25) is 0 Å². The van der Waals surface area contributed by atoms with Gasteiger partial charge in [0, 0.05) is 18.2 Å². The minimum absolute atomic E-state index is 0.117. The van der Waals surface area contributed by atoms with Gasteiger partial charge in [0.15, 0.2) is 0 Å². The molecule has 1 unspecified atom stereocenters. The summed E-state index contributed by atoms with van der Waals surface area (Å²) in [4.78, 5) is 12.3. The van der Waals surface area contributed by atoms with Gasteiger partial charge >= 0.3 is 0 Å². The molecule has 0 heterocycles. The van der Waals surface area contributed by atoms with Crippen LogP contribution in [-0.4, -0.2) is 23.6 Å². The SMILES string of the molecule is Cc1cc(O)ccc1C(=O)NC(CN)Cc1ccccc1. The molecule has 2 rings (SSSR count). The van der Waals surface area contributed by atoms with Crippen LogP contribution in [0.3, 0.4) is 0 Å². The monoisotopic (exact) mass is 284 g/mol. The summed E-state index contributed by atoms with van der Waals surface area (Å²) in [6.45, 7) is 2.17. The van der Waals surface area contributed by atoms with E-state index >= 15 is 0 Å². The Balaban J connectivity index is 2.06. The maximum atomic E-state index is 12.3. The average Bonchev–Trinajstić information content (AvgIpc) is 2.47. The Labute approximate surface area is 124 Å². The van der Waals surface area contributed by atoms with E-state index in [9.17, 15) is 9.90 Å². The third-order valence-corrected chi connectivity index (χ3v) is 3.40. The predicted octanol–water partition coefficient (Wildman–Crippen LogP) is 2.00. The Morgan fingerprint density at radius 3 is 2.57 bits per heavy atom. The number of aromatic hydroxyl groups is 1. The summed E-state index contributed by atoms with van der Waals surface area (Å²) < 4.78 is 0. The molecule has 0 saturated carbocycles. The second-order valence-electron chi connectivity index (χ2n) is 5.10. The van der Waals surface area contributed by atoms with Gasteiger partial charge in [0.05, 0.1) is 0 Å². The van der Waals surface area contributed by atoms with Crippen molar-refractivity contribution in [1.82, 2.24) is 5.32 Å². The quantitative estimate of drug-likeness (QED) is 0.786. The Bertz CT molecular complexity index is 611. The first-order valence-corrected chi connectivity index (χ1v) is 6.94. The first-order valence-electron chi connectivity index (χ1n) is 6.94. The van der Waals surface area contributed by atoms with Crippen molar-refractivity contribution in [2.24, 2.45) is 5.73 Å². The lowest BCUT2D eigenvalue weighted by molar-refractivity contribution is 0.0937. The van der Waals surface area contributed by atoms with Crippen molar-refractivity contribution in [2.75, 3.05) is 6.54 Å². The Morgan fingerprint density at radius 1 is 1.24 bits per heavy atom. The molecular weight excluding hydrogens is 264 g/mol. The van der Waals surface area contributed by atoms with Gasteiger partial charge in [-0.2, -0.15) is 0 Å². The summed E-state index contributed by atoms with van der Waals surface area (Å²) >= 11 is 0. The first kappa shape index (κ1) is 15.1. The second-order valence-corrected chi connectivity index (χ2v) is 5.10. The lowest BCUT2D eigenvalue weighted by Gasteiger charge is -2.18. The van der Waals surface area contributed by atoms with Gasteiger partial charge in [-0.25, -0.2) is 0 Å². The first-order chi connectivity index (χ1) is 10.1. The lowest BCUT2D eigenvalue weighted by Crippen LogP contribution is -2.41. The van der Waals surface area contributed by atoms with Crippen molar-refractivity contribution in [3.63, 3.8) is 0 Å². The summed E-state index contributed by atoms with van der Waals surface area (Å²) in [6, 6.07) is 14.5. The molecular formula is C17H20N2O2. The van der Waals surface area contributed by atoms with E-state index < -0.39 is 0 Å². The largest absolute Gasteiger partial charge is 0.508 e. The zero-order valence-electron chi connectivity index (χ0n) is 12.0. The molecule has 0 aliphatic carbocycles. The zero-order valence-corrected chi connectivity index (χ0v) is 12.0. The van der Waals surface area contributed by atoms with Crippen LogP contribution in [-0.2, 0) is 6.42 Å². The normalized spacial score (nSPS) is 11.9. The second kappa shape index (κ2) is 6.90. The lowest BCUT2D eigenvalue weighted by atomic mass is 10.0. The molecule has 0 radical (unpaired) electrons. The van der Waals surface area contributed by atoms with Gasteiger partial charge in [0.25, 0.3) is 5.91 Å². The minimum Gasteiger partial charge on any atom is -0.508 e. The molecule has 2 aromatic rings. The van der Waals surface area contributed by atoms with Crippen LogP contribution >= 0.6 is 0 Å². The molecule has 0 spiro atoms. The van der Waals surface area contributed by atoms with E-state index in [1.807, 2.05) is 30.3 Å². The summed E-state index contributed by atoms with van der Waals surface area (Å²) in [7, 11) is 0. The van der Waals surface area contributed by atoms with E-state index in [2.05, 4.69) is 5.32 Å². The number of aryl methyl sites for hydroxylation is 1. The van der Waals surface area contributed by atoms with Gasteiger partial charge < -0.3 is 16.2 Å². The van der Waals surface area contributed by atoms with Crippen molar-refractivity contribution in [2.45, 2.75) is 19.4 Å². The minimum atomic E-state index is -0.168. The maximum Gasteiger partial charge on any atom is 0.251 e. The van der Waals surface area contributed by atoms with E-state index in [1.54, 1.807) is 19.1 Å². The van der Waals surface area contributed by atoms with Crippen LogP contribution < -0.4 is 11.1 Å². The summed E-state index contributed by atoms with van der Waals surface area (Å²) in [5, 5.41) is 12.3. The molecule has 4 N–H and O–H groups in total. The number of hydrogen-bond acceptors (Lipinski definition) is 3. The number of benzene rings is 2. The molecule has 1 amide bonds. The van der Waals surface area contributed by atoms with E-state index in [1.165, 1.54) is 6.07 Å². The Hall–Kier alpha value is -2.33. The van der Waals surface area contributed by atoms with Gasteiger partial charge in [-0.05, 0) is 42.7 Å². The van der Waals surface area contributed by atoms with Crippen LogP contribution in [0, 0.1) is 6.92 Å². The summed E-state index contributed by atoms with van der Waals surface area (Å²) in [5.41, 5.74) is 8.18. The third kappa shape index (κ3) is 4.07. The standard InChI is InChI=1S/C17H20N2O2/c1-12-9-15(20)7-8-16(12)17(21)19-14(11-18)10-13-5-3-2-4-6-13/h2-9,14,20H,10-11,18H2,1H3,(H,19,21). The number of nitrogens with one attached hydrogen (secondary N) is 1. The van der Waals surface area contributed by atoms with Crippen LogP contribution in [0.15, 0.2) is 48.5 Å². The van der Waals surface area contributed by atoms with Crippen LogP contribution in [0.5, 0.6) is 5.75 Å². The smallest absolute Gasteiger partial charge is 0.251 e. The molecule has 1 atom stereocenters.